The summed E-state index contributed by atoms with van der Waals surface area (Å²) < 4.78 is 0. The second kappa shape index (κ2) is 5.33. The number of ketones is 1. The molecule has 2 N–H and O–H groups in total. The van der Waals surface area contributed by atoms with E-state index in [1.165, 1.54) is 0 Å². The van der Waals surface area contributed by atoms with E-state index in [0.717, 1.165) is 11.1 Å². The maximum Gasteiger partial charge on any atom is 0.154 e. The number of hydrogen-bond acceptors (Lipinski definition) is 2. The van der Waals surface area contributed by atoms with Gasteiger partial charge in [0.2, 0.25) is 0 Å². The van der Waals surface area contributed by atoms with Crippen LogP contribution in [-0.2, 0) is 11.2 Å². The lowest BCUT2D eigenvalue weighted by molar-refractivity contribution is -0.119. The van der Waals surface area contributed by atoms with Crippen LogP contribution in [0.4, 0.5) is 0 Å². The van der Waals surface area contributed by atoms with Crippen LogP contribution < -0.4 is 5.73 Å². The standard InChI is InChI=1S/C13H15NO/c1-3-5-12(14)13(15)9-11-7-4-6-10(2)8-11/h1,4,6-8,12H,5,9,14H2,2H3. The number of rotatable bonds is 4. The van der Waals surface area contributed by atoms with Gasteiger partial charge in [0, 0.05) is 12.8 Å². The zero-order chi connectivity index (χ0) is 11.3. The van der Waals surface area contributed by atoms with Crippen LogP contribution in [0, 0.1) is 19.3 Å². The Balaban J connectivity index is 2.63. The third kappa shape index (κ3) is 3.57. The zero-order valence-electron chi connectivity index (χ0n) is 8.86. The molecular formula is C13H15NO. The van der Waals surface area contributed by atoms with Gasteiger partial charge in [-0.05, 0) is 12.5 Å². The van der Waals surface area contributed by atoms with Crippen molar-refractivity contribution in [3.8, 4) is 12.3 Å². The highest BCUT2D eigenvalue weighted by molar-refractivity contribution is 5.86. The summed E-state index contributed by atoms with van der Waals surface area (Å²) in [6.07, 6.45) is 5.78. The van der Waals surface area contributed by atoms with Crippen molar-refractivity contribution in [2.75, 3.05) is 0 Å². The fraction of sp³-hybridized carbons (Fsp3) is 0.308. The summed E-state index contributed by atoms with van der Waals surface area (Å²) in [6, 6.07) is 7.31. The normalized spacial score (nSPS) is 11.8. The number of benzene rings is 1. The van der Waals surface area contributed by atoms with E-state index in [1.807, 2.05) is 31.2 Å². The average Bonchev–Trinajstić information content (AvgIpc) is 2.18. The molecule has 1 unspecified atom stereocenters. The first-order valence-electron chi connectivity index (χ1n) is 4.91. The molecule has 0 amide bonds. The summed E-state index contributed by atoms with van der Waals surface area (Å²) in [6.45, 7) is 2.00. The largest absolute Gasteiger partial charge is 0.321 e. The quantitative estimate of drug-likeness (QED) is 0.749. The molecule has 15 heavy (non-hydrogen) atoms. The summed E-state index contributed by atoms with van der Waals surface area (Å²) >= 11 is 0. The SMILES string of the molecule is C#CCC(N)C(=O)Cc1cccc(C)c1. The molecule has 0 aromatic heterocycles. The van der Waals surface area contributed by atoms with E-state index in [1.54, 1.807) is 0 Å². The first-order valence-corrected chi connectivity index (χ1v) is 4.91. The Morgan fingerprint density at radius 1 is 1.60 bits per heavy atom. The van der Waals surface area contributed by atoms with Crippen molar-refractivity contribution in [2.45, 2.75) is 25.8 Å². The molecule has 0 fully saturated rings. The van der Waals surface area contributed by atoms with Crippen molar-refractivity contribution in [3.05, 3.63) is 35.4 Å². The number of carbonyl (C=O) groups excluding carboxylic acids is 1. The lowest BCUT2D eigenvalue weighted by atomic mass is 10.0. The molecule has 0 spiro atoms. The fourth-order valence-electron chi connectivity index (χ4n) is 1.40. The molecule has 1 aromatic rings. The minimum atomic E-state index is -0.532. The highest BCUT2D eigenvalue weighted by Crippen LogP contribution is 2.06. The lowest BCUT2D eigenvalue weighted by Crippen LogP contribution is -2.31. The topological polar surface area (TPSA) is 43.1 Å². The molecule has 0 aliphatic heterocycles. The van der Waals surface area contributed by atoms with Gasteiger partial charge in [-0.3, -0.25) is 4.79 Å². The van der Waals surface area contributed by atoms with E-state index in [9.17, 15) is 4.79 Å². The molecule has 0 aliphatic carbocycles. The first-order chi connectivity index (χ1) is 7.13. The Morgan fingerprint density at radius 2 is 2.33 bits per heavy atom. The molecule has 2 nitrogen and oxygen atoms in total. The second-order valence-corrected chi connectivity index (χ2v) is 3.65. The molecular weight excluding hydrogens is 186 g/mol. The highest BCUT2D eigenvalue weighted by Gasteiger charge is 2.12. The number of terminal acetylenes is 1. The Kier molecular flexibility index (Phi) is 4.08. The third-order valence-electron chi connectivity index (χ3n) is 2.21. The van der Waals surface area contributed by atoms with Crippen LogP contribution in [0.1, 0.15) is 17.5 Å². The first kappa shape index (κ1) is 11.5. The molecule has 0 saturated carbocycles. The van der Waals surface area contributed by atoms with Gasteiger partial charge < -0.3 is 5.73 Å². The van der Waals surface area contributed by atoms with E-state index in [2.05, 4.69) is 5.92 Å². The summed E-state index contributed by atoms with van der Waals surface area (Å²) in [4.78, 5) is 11.6. The lowest BCUT2D eigenvalue weighted by Gasteiger charge is -2.07. The van der Waals surface area contributed by atoms with E-state index in [4.69, 9.17) is 12.2 Å². The molecule has 78 valence electrons. The van der Waals surface area contributed by atoms with Crippen molar-refractivity contribution in [3.63, 3.8) is 0 Å². The van der Waals surface area contributed by atoms with Crippen molar-refractivity contribution in [1.82, 2.24) is 0 Å². The molecule has 0 heterocycles. The molecule has 1 rings (SSSR count). The monoisotopic (exact) mass is 201 g/mol. The van der Waals surface area contributed by atoms with Gasteiger partial charge in [0.05, 0.1) is 6.04 Å². The maximum atomic E-state index is 11.6. The molecule has 1 aromatic carbocycles. The van der Waals surface area contributed by atoms with Crippen LogP contribution in [0.3, 0.4) is 0 Å². The Morgan fingerprint density at radius 3 is 2.93 bits per heavy atom. The minimum Gasteiger partial charge on any atom is -0.321 e. The van der Waals surface area contributed by atoms with E-state index in [-0.39, 0.29) is 5.78 Å². The van der Waals surface area contributed by atoms with Gasteiger partial charge in [-0.15, -0.1) is 12.3 Å². The van der Waals surface area contributed by atoms with Crippen molar-refractivity contribution >= 4 is 5.78 Å². The van der Waals surface area contributed by atoms with Crippen LogP contribution in [0.15, 0.2) is 24.3 Å². The number of Topliss-reactive ketones (excluding diaryl/α,β-unsaturated/α-hetero) is 1. The van der Waals surface area contributed by atoms with Crippen molar-refractivity contribution in [1.29, 1.82) is 0 Å². The van der Waals surface area contributed by atoms with Gasteiger partial charge in [0.25, 0.3) is 0 Å². The summed E-state index contributed by atoms with van der Waals surface area (Å²) in [5.41, 5.74) is 7.76. The number of aryl methyl sites for hydroxylation is 1. The van der Waals surface area contributed by atoms with Gasteiger partial charge in [0.15, 0.2) is 5.78 Å². The van der Waals surface area contributed by atoms with Gasteiger partial charge in [-0.2, -0.15) is 0 Å². The second-order valence-electron chi connectivity index (χ2n) is 3.65. The van der Waals surface area contributed by atoms with Crippen LogP contribution in [-0.4, -0.2) is 11.8 Å². The Bertz CT molecular complexity index is 390. The van der Waals surface area contributed by atoms with Crippen molar-refractivity contribution < 1.29 is 4.79 Å². The highest BCUT2D eigenvalue weighted by atomic mass is 16.1. The van der Waals surface area contributed by atoms with Gasteiger partial charge in [0.1, 0.15) is 0 Å². The van der Waals surface area contributed by atoms with Crippen molar-refractivity contribution in [2.24, 2.45) is 5.73 Å². The predicted molar refractivity (Wildman–Crippen MR) is 61.3 cm³/mol. The van der Waals surface area contributed by atoms with Crippen LogP contribution in [0.25, 0.3) is 0 Å². The van der Waals surface area contributed by atoms with E-state index >= 15 is 0 Å². The summed E-state index contributed by atoms with van der Waals surface area (Å²) in [7, 11) is 0. The van der Waals surface area contributed by atoms with Crippen LogP contribution in [0.5, 0.6) is 0 Å². The third-order valence-corrected chi connectivity index (χ3v) is 2.21. The predicted octanol–water partition coefficient (Wildman–Crippen LogP) is 1.46. The average molecular weight is 201 g/mol. The molecule has 0 saturated heterocycles. The molecule has 2 heteroatoms. The Labute approximate surface area is 90.5 Å². The van der Waals surface area contributed by atoms with Crippen LogP contribution in [0.2, 0.25) is 0 Å². The number of carbonyl (C=O) groups is 1. The van der Waals surface area contributed by atoms with E-state index < -0.39 is 6.04 Å². The van der Waals surface area contributed by atoms with Gasteiger partial charge >= 0.3 is 0 Å². The smallest absolute Gasteiger partial charge is 0.154 e. The molecule has 1 atom stereocenters. The van der Waals surface area contributed by atoms with Crippen LogP contribution >= 0.6 is 0 Å². The number of hydrogen-bond donors (Lipinski definition) is 1. The number of nitrogens with two attached hydrogens (primary N) is 1. The van der Waals surface area contributed by atoms with E-state index in [0.29, 0.717) is 12.8 Å². The van der Waals surface area contributed by atoms with Gasteiger partial charge in [-0.25, -0.2) is 0 Å². The molecule has 0 bridgehead atoms. The zero-order valence-corrected chi connectivity index (χ0v) is 8.86. The summed E-state index contributed by atoms with van der Waals surface area (Å²) in [5.74, 6) is 2.40. The summed E-state index contributed by atoms with van der Waals surface area (Å²) in [5, 5.41) is 0. The molecule has 0 aliphatic rings. The fourth-order valence-corrected chi connectivity index (χ4v) is 1.40. The Hall–Kier alpha value is -1.59. The maximum absolute atomic E-state index is 11.6. The molecule has 0 radical (unpaired) electrons. The van der Waals surface area contributed by atoms with Gasteiger partial charge in [-0.1, -0.05) is 29.8 Å². The minimum absolute atomic E-state index is 0.00134.